The largest absolute Gasteiger partial charge is 0.256 e. The molecule has 0 saturated carbocycles. The molecule has 0 amide bonds. The van der Waals surface area contributed by atoms with Crippen LogP contribution in [0.3, 0.4) is 0 Å². The van der Waals surface area contributed by atoms with Gasteiger partial charge in [0.15, 0.2) is 0 Å². The zero-order valence-electron chi connectivity index (χ0n) is 12.1. The quantitative estimate of drug-likeness (QED) is 0.451. The Hall–Kier alpha value is -2.32. The van der Waals surface area contributed by atoms with Crippen molar-refractivity contribution in [3.05, 3.63) is 84.6 Å². The molecule has 3 aromatic carbocycles. The van der Waals surface area contributed by atoms with Crippen LogP contribution >= 0.6 is 11.8 Å². The summed E-state index contributed by atoms with van der Waals surface area (Å²) in [4.78, 5) is 5.68. The predicted molar refractivity (Wildman–Crippen MR) is 95.3 cm³/mol. The van der Waals surface area contributed by atoms with Gasteiger partial charge in [0.2, 0.25) is 0 Å². The number of pyridine rings is 1. The number of rotatable bonds is 3. The molecule has 0 atom stereocenters. The normalized spacial score (nSPS) is 11.1. The molecule has 0 fully saturated rings. The number of aromatic nitrogens is 1. The number of nitrogens with zero attached hydrogens (tertiary/aromatic N) is 1. The highest BCUT2D eigenvalue weighted by Crippen LogP contribution is 2.27. The van der Waals surface area contributed by atoms with E-state index in [1.54, 1.807) is 0 Å². The lowest BCUT2D eigenvalue weighted by Gasteiger charge is -2.05. The summed E-state index contributed by atoms with van der Waals surface area (Å²) in [5.41, 5.74) is 2.39. The van der Waals surface area contributed by atoms with Gasteiger partial charge >= 0.3 is 0 Å². The monoisotopic (exact) mass is 301 g/mol. The van der Waals surface area contributed by atoms with Crippen molar-refractivity contribution in [2.75, 3.05) is 0 Å². The van der Waals surface area contributed by atoms with E-state index < -0.39 is 0 Å². The number of thioether (sulfide) groups is 1. The Balaban J connectivity index is 1.57. The number of hydrogen-bond donors (Lipinski definition) is 0. The van der Waals surface area contributed by atoms with Crippen LogP contribution in [0.1, 0.15) is 5.56 Å². The van der Waals surface area contributed by atoms with E-state index in [1.807, 2.05) is 24.0 Å². The summed E-state index contributed by atoms with van der Waals surface area (Å²) in [7, 11) is 0. The Labute approximate surface area is 134 Å². The fraction of sp³-hybridized carbons (Fsp3) is 0.0500. The lowest BCUT2D eigenvalue weighted by Crippen LogP contribution is -1.83. The third kappa shape index (κ3) is 2.70. The summed E-state index contributed by atoms with van der Waals surface area (Å²) in [6.07, 6.45) is 1.84. The molecular weight excluding hydrogens is 286 g/mol. The Bertz CT molecular complexity index is 867. The maximum Gasteiger partial charge on any atom is 0.0702 e. The van der Waals surface area contributed by atoms with E-state index >= 15 is 0 Å². The van der Waals surface area contributed by atoms with Gasteiger partial charge in [0.25, 0.3) is 0 Å². The molecule has 0 saturated heterocycles. The Morgan fingerprint density at radius 2 is 1.59 bits per heavy atom. The SMILES string of the molecule is c1ccc2cc(SCc3ccc4ncccc4c3)ccc2c1. The topological polar surface area (TPSA) is 12.9 Å². The maximum atomic E-state index is 4.37. The first kappa shape index (κ1) is 13.4. The first-order chi connectivity index (χ1) is 10.9. The van der Waals surface area contributed by atoms with Crippen LogP contribution in [0.25, 0.3) is 21.7 Å². The lowest BCUT2D eigenvalue weighted by atomic mass is 10.1. The van der Waals surface area contributed by atoms with Crippen LogP contribution in [0, 0.1) is 0 Å². The molecule has 4 rings (SSSR count). The highest BCUT2D eigenvalue weighted by molar-refractivity contribution is 7.98. The van der Waals surface area contributed by atoms with Crippen molar-refractivity contribution < 1.29 is 0 Å². The number of hydrogen-bond acceptors (Lipinski definition) is 2. The van der Waals surface area contributed by atoms with Crippen molar-refractivity contribution in [2.24, 2.45) is 0 Å². The molecular formula is C20H15NS. The van der Waals surface area contributed by atoms with Crippen molar-refractivity contribution in [2.45, 2.75) is 10.6 Å². The van der Waals surface area contributed by atoms with Crippen LogP contribution in [0.15, 0.2) is 83.9 Å². The number of fused-ring (bicyclic) bond motifs is 2. The molecule has 0 unspecified atom stereocenters. The molecule has 106 valence electrons. The molecule has 0 bridgehead atoms. The Morgan fingerprint density at radius 3 is 2.55 bits per heavy atom. The zero-order chi connectivity index (χ0) is 14.8. The summed E-state index contributed by atoms with van der Waals surface area (Å²) in [6.45, 7) is 0. The van der Waals surface area contributed by atoms with Crippen LogP contribution in [0.4, 0.5) is 0 Å². The molecule has 0 N–H and O–H groups in total. The average Bonchev–Trinajstić information content (AvgIpc) is 2.59. The molecule has 0 aliphatic carbocycles. The van der Waals surface area contributed by atoms with Crippen LogP contribution in [0.5, 0.6) is 0 Å². The smallest absolute Gasteiger partial charge is 0.0702 e. The lowest BCUT2D eigenvalue weighted by molar-refractivity contribution is 1.37. The zero-order valence-corrected chi connectivity index (χ0v) is 12.9. The highest BCUT2D eigenvalue weighted by Gasteiger charge is 2.00. The van der Waals surface area contributed by atoms with Crippen LogP contribution in [-0.4, -0.2) is 4.98 Å². The first-order valence-electron chi connectivity index (χ1n) is 7.34. The van der Waals surface area contributed by atoms with Gasteiger partial charge < -0.3 is 0 Å². The highest BCUT2D eigenvalue weighted by atomic mass is 32.2. The molecule has 1 aromatic heterocycles. The average molecular weight is 301 g/mol. The van der Waals surface area contributed by atoms with Gasteiger partial charge in [0.05, 0.1) is 5.52 Å². The summed E-state index contributed by atoms with van der Waals surface area (Å²) in [5, 5.41) is 3.80. The Kier molecular flexibility index (Phi) is 3.53. The summed E-state index contributed by atoms with van der Waals surface area (Å²) < 4.78 is 0. The standard InChI is InChI=1S/C20H15NS/c1-2-5-17-13-19(9-8-16(17)4-1)22-14-15-7-10-20-18(12-15)6-3-11-21-20/h1-13H,14H2. The van der Waals surface area contributed by atoms with Crippen molar-refractivity contribution in [3.8, 4) is 0 Å². The van der Waals surface area contributed by atoms with Crippen molar-refractivity contribution in [3.63, 3.8) is 0 Å². The van der Waals surface area contributed by atoms with Crippen LogP contribution in [0.2, 0.25) is 0 Å². The van der Waals surface area contributed by atoms with E-state index in [-0.39, 0.29) is 0 Å². The van der Waals surface area contributed by atoms with Gasteiger partial charge in [0, 0.05) is 22.2 Å². The molecule has 2 heteroatoms. The van der Waals surface area contributed by atoms with Gasteiger partial charge in [-0.1, -0.05) is 42.5 Å². The fourth-order valence-corrected chi connectivity index (χ4v) is 3.53. The Morgan fingerprint density at radius 1 is 0.727 bits per heavy atom. The first-order valence-corrected chi connectivity index (χ1v) is 8.32. The van der Waals surface area contributed by atoms with Gasteiger partial charge in [-0.15, -0.1) is 11.8 Å². The molecule has 0 spiro atoms. The van der Waals surface area contributed by atoms with E-state index in [2.05, 4.69) is 71.7 Å². The molecule has 22 heavy (non-hydrogen) atoms. The van der Waals surface area contributed by atoms with Gasteiger partial charge in [-0.2, -0.15) is 0 Å². The van der Waals surface area contributed by atoms with E-state index in [4.69, 9.17) is 0 Å². The molecule has 1 heterocycles. The van der Waals surface area contributed by atoms with E-state index in [0.29, 0.717) is 0 Å². The molecule has 1 nitrogen and oxygen atoms in total. The predicted octanol–water partition coefficient (Wildman–Crippen LogP) is 5.68. The second-order valence-corrected chi connectivity index (χ2v) is 6.38. The molecule has 0 aliphatic heterocycles. The van der Waals surface area contributed by atoms with Crippen molar-refractivity contribution in [1.82, 2.24) is 4.98 Å². The van der Waals surface area contributed by atoms with Crippen molar-refractivity contribution in [1.29, 1.82) is 0 Å². The van der Waals surface area contributed by atoms with Crippen molar-refractivity contribution >= 4 is 33.4 Å². The van der Waals surface area contributed by atoms with Gasteiger partial charge in [-0.05, 0) is 46.7 Å². The van der Waals surface area contributed by atoms with Crippen LogP contribution in [-0.2, 0) is 5.75 Å². The van der Waals surface area contributed by atoms with Gasteiger partial charge in [-0.3, -0.25) is 4.98 Å². The van der Waals surface area contributed by atoms with Gasteiger partial charge in [-0.25, -0.2) is 0 Å². The van der Waals surface area contributed by atoms with E-state index in [0.717, 1.165) is 11.3 Å². The minimum atomic E-state index is 0.975. The molecule has 0 radical (unpaired) electrons. The molecule has 4 aromatic rings. The summed E-state index contributed by atoms with van der Waals surface area (Å²) in [6, 6.07) is 25.8. The third-order valence-electron chi connectivity index (χ3n) is 3.79. The second kappa shape index (κ2) is 5.82. The molecule has 0 aliphatic rings. The second-order valence-electron chi connectivity index (χ2n) is 5.33. The summed E-state index contributed by atoms with van der Waals surface area (Å²) >= 11 is 1.88. The van der Waals surface area contributed by atoms with Gasteiger partial charge in [0.1, 0.15) is 0 Å². The minimum absolute atomic E-state index is 0.975. The fourth-order valence-electron chi connectivity index (χ4n) is 2.64. The van der Waals surface area contributed by atoms with E-state index in [9.17, 15) is 0 Å². The van der Waals surface area contributed by atoms with Crippen LogP contribution < -0.4 is 0 Å². The third-order valence-corrected chi connectivity index (χ3v) is 4.86. The van der Waals surface area contributed by atoms with E-state index in [1.165, 1.54) is 26.6 Å². The number of benzene rings is 3. The summed E-state index contributed by atoms with van der Waals surface area (Å²) in [5.74, 6) is 0.975. The minimum Gasteiger partial charge on any atom is -0.256 e. The maximum absolute atomic E-state index is 4.37.